The Bertz CT molecular complexity index is 580. The van der Waals surface area contributed by atoms with Crippen LogP contribution < -0.4 is 5.32 Å². The lowest BCUT2D eigenvalue weighted by Gasteiger charge is -2.22. The van der Waals surface area contributed by atoms with Crippen molar-refractivity contribution in [2.45, 2.75) is 38.0 Å². The van der Waals surface area contributed by atoms with Crippen molar-refractivity contribution in [2.75, 3.05) is 11.9 Å². The summed E-state index contributed by atoms with van der Waals surface area (Å²) in [4.78, 5) is 4.62. The van der Waals surface area contributed by atoms with E-state index in [4.69, 9.17) is 0 Å². The van der Waals surface area contributed by atoms with Crippen LogP contribution in [0, 0.1) is 0 Å². The van der Waals surface area contributed by atoms with E-state index in [9.17, 15) is 0 Å². The summed E-state index contributed by atoms with van der Waals surface area (Å²) in [6.07, 6.45) is 8.74. The minimum Gasteiger partial charge on any atom is -0.358 e. The number of benzene rings is 1. The van der Waals surface area contributed by atoms with Crippen LogP contribution in [0.5, 0.6) is 0 Å². The van der Waals surface area contributed by atoms with Gasteiger partial charge in [-0.25, -0.2) is 4.98 Å². The molecule has 1 aromatic heterocycles. The van der Waals surface area contributed by atoms with Crippen LogP contribution >= 0.6 is 11.3 Å². The number of aromatic nitrogens is 1. The minimum atomic E-state index is 0.758. The van der Waals surface area contributed by atoms with Crippen LogP contribution in [0.1, 0.15) is 43.6 Å². The van der Waals surface area contributed by atoms with Crippen LogP contribution in [-0.4, -0.2) is 11.5 Å². The van der Waals surface area contributed by atoms with E-state index >= 15 is 0 Å². The smallest absolute Gasteiger partial charge is 0.183 e. The molecule has 2 nitrogen and oxygen atoms in total. The highest BCUT2D eigenvalue weighted by atomic mass is 32.1. The van der Waals surface area contributed by atoms with E-state index in [1.807, 2.05) is 6.08 Å². The van der Waals surface area contributed by atoms with Gasteiger partial charge in [-0.3, -0.25) is 0 Å². The molecule has 2 aromatic rings. The molecule has 1 heterocycles. The monoisotopic (exact) mass is 298 g/mol. The molecule has 110 valence electrons. The highest BCUT2D eigenvalue weighted by Crippen LogP contribution is 2.33. The molecule has 0 unspecified atom stereocenters. The summed E-state index contributed by atoms with van der Waals surface area (Å²) in [7, 11) is 0. The van der Waals surface area contributed by atoms with Crippen LogP contribution in [0.15, 0.2) is 42.3 Å². The topological polar surface area (TPSA) is 24.9 Å². The Labute approximate surface area is 130 Å². The molecule has 1 aromatic carbocycles. The maximum absolute atomic E-state index is 4.62. The third-order valence-corrected chi connectivity index (χ3v) is 4.98. The van der Waals surface area contributed by atoms with Gasteiger partial charge in [0.05, 0.1) is 5.69 Å². The Morgan fingerprint density at radius 3 is 2.67 bits per heavy atom. The largest absolute Gasteiger partial charge is 0.358 e. The van der Waals surface area contributed by atoms with E-state index < -0.39 is 0 Å². The lowest BCUT2D eigenvalue weighted by atomic mass is 9.84. The maximum atomic E-state index is 4.62. The van der Waals surface area contributed by atoms with Gasteiger partial charge in [0.2, 0.25) is 0 Å². The first kappa shape index (κ1) is 14.3. The quantitative estimate of drug-likeness (QED) is 0.742. The second-order valence-electron chi connectivity index (χ2n) is 5.66. The van der Waals surface area contributed by atoms with Crippen molar-refractivity contribution in [3.63, 3.8) is 0 Å². The van der Waals surface area contributed by atoms with E-state index in [-0.39, 0.29) is 0 Å². The maximum Gasteiger partial charge on any atom is 0.183 e. The fraction of sp³-hybridized carbons (Fsp3) is 0.389. The van der Waals surface area contributed by atoms with E-state index in [1.54, 1.807) is 11.3 Å². The number of rotatable bonds is 5. The molecule has 3 heteroatoms. The summed E-state index contributed by atoms with van der Waals surface area (Å²) in [6, 6.07) is 9.02. The Balaban J connectivity index is 1.71. The molecule has 0 spiro atoms. The highest BCUT2D eigenvalue weighted by Gasteiger charge is 2.15. The van der Waals surface area contributed by atoms with Crippen LogP contribution in [0.25, 0.3) is 11.3 Å². The Morgan fingerprint density at radius 1 is 1.19 bits per heavy atom. The number of anilines is 1. The SMILES string of the molecule is C=CCNc1nc(-c2ccc(C3CCCCC3)cc2)cs1. The zero-order valence-electron chi connectivity index (χ0n) is 12.3. The summed E-state index contributed by atoms with van der Waals surface area (Å²) >= 11 is 1.65. The molecule has 0 amide bonds. The van der Waals surface area contributed by atoms with Gasteiger partial charge in [0.15, 0.2) is 5.13 Å². The van der Waals surface area contributed by atoms with Gasteiger partial charge in [-0.2, -0.15) is 0 Å². The summed E-state index contributed by atoms with van der Waals surface area (Å²) in [5.41, 5.74) is 3.76. The summed E-state index contributed by atoms with van der Waals surface area (Å²) in [5.74, 6) is 0.771. The van der Waals surface area contributed by atoms with Gasteiger partial charge >= 0.3 is 0 Å². The van der Waals surface area contributed by atoms with Crippen molar-refractivity contribution in [3.05, 3.63) is 47.9 Å². The molecular formula is C18H22N2S. The number of hydrogen-bond donors (Lipinski definition) is 1. The van der Waals surface area contributed by atoms with Crippen molar-refractivity contribution in [3.8, 4) is 11.3 Å². The Hall–Kier alpha value is -1.61. The Morgan fingerprint density at radius 2 is 1.95 bits per heavy atom. The molecule has 0 aliphatic heterocycles. The van der Waals surface area contributed by atoms with Crippen molar-refractivity contribution < 1.29 is 0 Å². The first-order chi connectivity index (χ1) is 10.4. The fourth-order valence-electron chi connectivity index (χ4n) is 3.01. The van der Waals surface area contributed by atoms with E-state index in [0.717, 1.165) is 23.3 Å². The number of thiazole rings is 1. The molecular weight excluding hydrogens is 276 g/mol. The van der Waals surface area contributed by atoms with E-state index in [1.165, 1.54) is 43.2 Å². The molecule has 1 fully saturated rings. The van der Waals surface area contributed by atoms with E-state index in [2.05, 4.69) is 46.5 Å². The fourth-order valence-corrected chi connectivity index (χ4v) is 3.74. The first-order valence-corrected chi connectivity index (χ1v) is 8.65. The highest BCUT2D eigenvalue weighted by molar-refractivity contribution is 7.14. The van der Waals surface area contributed by atoms with Gasteiger partial charge in [-0.15, -0.1) is 17.9 Å². The van der Waals surface area contributed by atoms with Crippen LogP contribution in [0.3, 0.4) is 0 Å². The molecule has 1 N–H and O–H groups in total. The summed E-state index contributed by atoms with van der Waals surface area (Å²) < 4.78 is 0. The number of nitrogens with zero attached hydrogens (tertiary/aromatic N) is 1. The molecule has 21 heavy (non-hydrogen) atoms. The van der Waals surface area contributed by atoms with Gasteiger partial charge in [0.1, 0.15) is 0 Å². The van der Waals surface area contributed by atoms with Crippen molar-refractivity contribution in [2.24, 2.45) is 0 Å². The van der Waals surface area contributed by atoms with Gasteiger partial charge in [-0.1, -0.05) is 49.6 Å². The van der Waals surface area contributed by atoms with Crippen LogP contribution in [0.2, 0.25) is 0 Å². The van der Waals surface area contributed by atoms with E-state index in [0.29, 0.717) is 0 Å². The number of nitrogens with one attached hydrogen (secondary N) is 1. The molecule has 0 atom stereocenters. The standard InChI is InChI=1S/C18H22N2S/c1-2-12-19-18-20-17(13-21-18)16-10-8-15(9-11-16)14-6-4-3-5-7-14/h2,8-11,13-14H,1,3-7,12H2,(H,19,20). The summed E-state index contributed by atoms with van der Waals surface area (Å²) in [6.45, 7) is 4.47. The average molecular weight is 298 g/mol. The zero-order chi connectivity index (χ0) is 14.5. The molecule has 1 aliphatic rings. The molecule has 3 rings (SSSR count). The van der Waals surface area contributed by atoms with Crippen molar-refractivity contribution in [1.29, 1.82) is 0 Å². The lowest BCUT2D eigenvalue weighted by molar-refractivity contribution is 0.443. The lowest BCUT2D eigenvalue weighted by Crippen LogP contribution is -2.04. The van der Waals surface area contributed by atoms with Crippen LogP contribution in [0.4, 0.5) is 5.13 Å². The van der Waals surface area contributed by atoms with Crippen molar-refractivity contribution >= 4 is 16.5 Å². The first-order valence-electron chi connectivity index (χ1n) is 7.77. The van der Waals surface area contributed by atoms with Crippen molar-refractivity contribution in [1.82, 2.24) is 4.98 Å². The Kier molecular flexibility index (Phi) is 4.71. The minimum absolute atomic E-state index is 0.758. The molecule has 1 aliphatic carbocycles. The van der Waals surface area contributed by atoms with Gasteiger partial charge < -0.3 is 5.32 Å². The molecule has 0 saturated heterocycles. The van der Waals surface area contributed by atoms with Gasteiger partial charge in [-0.05, 0) is 24.3 Å². The van der Waals surface area contributed by atoms with Crippen LogP contribution in [-0.2, 0) is 0 Å². The average Bonchev–Trinajstić information content (AvgIpc) is 3.03. The molecule has 1 saturated carbocycles. The third kappa shape index (κ3) is 3.53. The zero-order valence-corrected chi connectivity index (χ0v) is 13.2. The predicted molar refractivity (Wildman–Crippen MR) is 92.1 cm³/mol. The molecule has 0 radical (unpaired) electrons. The second kappa shape index (κ2) is 6.90. The van der Waals surface area contributed by atoms with Gasteiger partial charge in [0, 0.05) is 17.5 Å². The normalized spacial score (nSPS) is 15.8. The van der Waals surface area contributed by atoms with Gasteiger partial charge in [0.25, 0.3) is 0 Å². The third-order valence-electron chi connectivity index (χ3n) is 4.18. The summed E-state index contributed by atoms with van der Waals surface area (Å²) in [5, 5.41) is 6.31. The molecule has 0 bridgehead atoms. The number of hydrogen-bond acceptors (Lipinski definition) is 3. The predicted octanol–water partition coefficient (Wildman–Crippen LogP) is 5.46. The second-order valence-corrected chi connectivity index (χ2v) is 6.52.